The summed E-state index contributed by atoms with van der Waals surface area (Å²) in [6.45, 7) is 6.25. The predicted octanol–water partition coefficient (Wildman–Crippen LogP) is 6.27. The molecule has 2 heterocycles. The first-order valence-electron chi connectivity index (χ1n) is 11.4. The van der Waals surface area contributed by atoms with Gasteiger partial charge in [-0.3, -0.25) is 9.59 Å². The Morgan fingerprint density at radius 2 is 1.97 bits per heavy atom. The summed E-state index contributed by atoms with van der Waals surface area (Å²) in [6.07, 6.45) is 2.99. The smallest absolute Gasteiger partial charge is 0.327 e. The Morgan fingerprint density at radius 3 is 2.64 bits per heavy atom. The topological polar surface area (TPSA) is 76.5 Å². The van der Waals surface area contributed by atoms with E-state index in [0.717, 1.165) is 32.7 Å². The fraction of sp³-hybridized carbons (Fsp3) is 0.423. The van der Waals surface area contributed by atoms with Crippen LogP contribution in [0.2, 0.25) is 0 Å². The van der Waals surface area contributed by atoms with Crippen LogP contribution in [0.15, 0.2) is 46.8 Å². The molecule has 7 heteroatoms. The second kappa shape index (κ2) is 9.85. The van der Waals surface area contributed by atoms with E-state index < -0.39 is 16.8 Å². The van der Waals surface area contributed by atoms with Crippen LogP contribution in [0.3, 0.4) is 0 Å². The number of hydrogen-bond acceptors (Lipinski definition) is 7. The molecule has 3 aromatic rings. The van der Waals surface area contributed by atoms with Crippen molar-refractivity contribution in [2.45, 2.75) is 74.5 Å². The van der Waals surface area contributed by atoms with Crippen LogP contribution in [-0.2, 0) is 20.7 Å². The van der Waals surface area contributed by atoms with Gasteiger partial charge in [0.1, 0.15) is 11.4 Å². The van der Waals surface area contributed by atoms with E-state index in [2.05, 4.69) is 24.9 Å². The number of carbonyl (C=O) groups excluding carboxylic acids is 2. The number of rotatable bonds is 8. The van der Waals surface area contributed by atoms with Crippen molar-refractivity contribution in [2.24, 2.45) is 0 Å². The minimum Gasteiger partial charge on any atom is -0.508 e. The van der Waals surface area contributed by atoms with Crippen molar-refractivity contribution in [1.82, 2.24) is 4.98 Å². The maximum atomic E-state index is 13.3. The number of aromatic hydroxyl groups is 1. The molecule has 1 saturated heterocycles. The number of cyclic esters (lactones) is 1. The first kappa shape index (κ1) is 23.8. The van der Waals surface area contributed by atoms with Gasteiger partial charge in [-0.2, -0.15) is 0 Å². The molecule has 2 atom stereocenters. The lowest BCUT2D eigenvalue weighted by Gasteiger charge is -2.38. The Labute approximate surface area is 202 Å². The monoisotopic (exact) mass is 483 g/mol. The molecule has 0 radical (unpaired) electrons. The molecule has 0 spiro atoms. The Hall–Kier alpha value is -2.38. The van der Waals surface area contributed by atoms with E-state index in [-0.39, 0.29) is 23.9 Å². The van der Waals surface area contributed by atoms with Gasteiger partial charge in [0, 0.05) is 11.3 Å². The van der Waals surface area contributed by atoms with Crippen molar-refractivity contribution in [2.75, 3.05) is 0 Å². The van der Waals surface area contributed by atoms with Gasteiger partial charge in [0.15, 0.2) is 11.0 Å². The van der Waals surface area contributed by atoms with E-state index >= 15 is 0 Å². The molecule has 0 bridgehead atoms. The minimum atomic E-state index is -0.841. The maximum Gasteiger partial charge on any atom is 0.327 e. The van der Waals surface area contributed by atoms with Gasteiger partial charge in [-0.15, -0.1) is 23.1 Å². The number of aromatic nitrogens is 1. The predicted molar refractivity (Wildman–Crippen MR) is 133 cm³/mol. The van der Waals surface area contributed by atoms with E-state index in [1.165, 1.54) is 11.8 Å². The highest BCUT2D eigenvalue weighted by Crippen LogP contribution is 2.41. The second-order valence-electron chi connectivity index (χ2n) is 9.03. The summed E-state index contributed by atoms with van der Waals surface area (Å²) in [5, 5.41) is 8.67. The number of phenols is 1. The lowest BCUT2D eigenvalue weighted by Crippen LogP contribution is -2.49. The van der Waals surface area contributed by atoms with Gasteiger partial charge in [-0.05, 0) is 60.6 Å². The fourth-order valence-corrected chi connectivity index (χ4v) is 6.44. The molecule has 1 aromatic heterocycles. The van der Waals surface area contributed by atoms with Gasteiger partial charge in [-0.1, -0.05) is 39.3 Å². The molecule has 4 rings (SSSR count). The standard InChI is InChI=1S/C26H29NO4S2/c1-4-10-26(11-9-17-5-7-18(28)8-6-17)14-21(29)24(25(30)31-26)33-22-13-23-20(27-15-32-23)12-19(22)16(2)3/h5-8,12-13,15-16,24,28H,4,9-11,14H2,1-3H3/t24?,26-/m0/s1. The van der Waals surface area contributed by atoms with Gasteiger partial charge in [0.2, 0.25) is 0 Å². The van der Waals surface area contributed by atoms with Gasteiger partial charge >= 0.3 is 5.97 Å². The molecule has 1 fully saturated rings. The molecule has 1 aliphatic heterocycles. The highest BCUT2D eigenvalue weighted by molar-refractivity contribution is 8.01. The van der Waals surface area contributed by atoms with E-state index in [1.807, 2.05) is 30.6 Å². The van der Waals surface area contributed by atoms with Crippen LogP contribution in [0.25, 0.3) is 10.2 Å². The summed E-state index contributed by atoms with van der Waals surface area (Å²) < 4.78 is 7.10. The summed E-state index contributed by atoms with van der Waals surface area (Å²) in [4.78, 5) is 31.8. The number of aryl methyl sites for hydroxylation is 1. The quantitative estimate of drug-likeness (QED) is 0.300. The van der Waals surface area contributed by atoms with Crippen molar-refractivity contribution in [3.63, 3.8) is 0 Å². The maximum absolute atomic E-state index is 13.3. The number of ether oxygens (including phenoxy) is 1. The molecule has 0 aliphatic carbocycles. The molecular weight excluding hydrogens is 454 g/mol. The Morgan fingerprint density at radius 1 is 1.21 bits per heavy atom. The molecule has 5 nitrogen and oxygen atoms in total. The van der Waals surface area contributed by atoms with Crippen LogP contribution in [0, 0.1) is 0 Å². The third-order valence-corrected chi connectivity index (χ3v) is 8.25. The molecule has 1 aliphatic rings. The molecule has 0 amide bonds. The number of carbonyl (C=O) groups is 2. The van der Waals surface area contributed by atoms with Crippen LogP contribution in [-0.4, -0.2) is 32.7 Å². The zero-order chi connectivity index (χ0) is 23.6. The van der Waals surface area contributed by atoms with Crippen molar-refractivity contribution >= 4 is 45.1 Å². The molecular formula is C26H29NO4S2. The normalized spacial score (nSPS) is 21.0. The number of fused-ring (bicyclic) bond motifs is 1. The first-order chi connectivity index (χ1) is 15.8. The number of benzene rings is 2. The summed E-state index contributed by atoms with van der Waals surface area (Å²) >= 11 is 2.87. The van der Waals surface area contributed by atoms with Crippen LogP contribution in [0.4, 0.5) is 0 Å². The number of phenolic OH excluding ortho intramolecular Hbond substituents is 1. The Kier molecular flexibility index (Phi) is 7.10. The summed E-state index contributed by atoms with van der Waals surface area (Å²) in [6, 6.07) is 11.1. The summed E-state index contributed by atoms with van der Waals surface area (Å²) in [5.41, 5.74) is 4.14. The van der Waals surface area contributed by atoms with Crippen LogP contribution in [0.1, 0.15) is 63.5 Å². The number of hydrogen-bond donors (Lipinski definition) is 1. The van der Waals surface area contributed by atoms with E-state index in [4.69, 9.17) is 4.74 Å². The first-order valence-corrected chi connectivity index (χ1v) is 13.1. The van der Waals surface area contributed by atoms with E-state index in [0.29, 0.717) is 19.3 Å². The SMILES string of the molecule is CCC[C@]1(CCc2ccc(O)cc2)CC(=O)C(Sc2cc3scnc3cc2C(C)C)C(=O)O1. The third-order valence-electron chi connectivity index (χ3n) is 6.16. The summed E-state index contributed by atoms with van der Waals surface area (Å²) in [5.74, 6) is -0.0275. The zero-order valence-electron chi connectivity index (χ0n) is 19.2. The van der Waals surface area contributed by atoms with E-state index in [9.17, 15) is 14.7 Å². The van der Waals surface area contributed by atoms with E-state index in [1.54, 1.807) is 23.5 Å². The van der Waals surface area contributed by atoms with Crippen LogP contribution in [0.5, 0.6) is 5.75 Å². The van der Waals surface area contributed by atoms with Crippen LogP contribution < -0.4 is 0 Å². The zero-order valence-corrected chi connectivity index (χ0v) is 20.8. The van der Waals surface area contributed by atoms with Gasteiger partial charge in [-0.25, -0.2) is 4.98 Å². The van der Waals surface area contributed by atoms with Gasteiger partial charge < -0.3 is 9.84 Å². The number of Topliss-reactive ketones (excluding diaryl/α,β-unsaturated/α-hetero) is 1. The number of thiazole rings is 1. The highest BCUT2D eigenvalue weighted by Gasteiger charge is 2.46. The number of nitrogens with zero attached hydrogens (tertiary/aromatic N) is 1. The molecule has 1 unspecified atom stereocenters. The Bertz CT molecular complexity index is 1130. The highest BCUT2D eigenvalue weighted by atomic mass is 32.2. The minimum absolute atomic E-state index is 0.0606. The lowest BCUT2D eigenvalue weighted by molar-refractivity contribution is -0.171. The molecule has 2 aromatic carbocycles. The number of esters is 1. The van der Waals surface area contributed by atoms with Gasteiger partial charge in [0.05, 0.1) is 15.7 Å². The summed E-state index contributed by atoms with van der Waals surface area (Å²) in [7, 11) is 0. The number of ketones is 1. The van der Waals surface area contributed by atoms with Crippen molar-refractivity contribution in [1.29, 1.82) is 0 Å². The molecule has 33 heavy (non-hydrogen) atoms. The molecule has 0 saturated carbocycles. The molecule has 174 valence electrons. The van der Waals surface area contributed by atoms with Crippen molar-refractivity contribution < 1.29 is 19.4 Å². The van der Waals surface area contributed by atoms with Crippen molar-refractivity contribution in [3.8, 4) is 5.75 Å². The van der Waals surface area contributed by atoms with Crippen molar-refractivity contribution in [3.05, 3.63) is 53.0 Å². The average Bonchev–Trinajstić information content (AvgIpc) is 3.23. The Balaban J connectivity index is 1.53. The molecule has 1 N–H and O–H groups in total. The number of thioether (sulfide) groups is 1. The van der Waals surface area contributed by atoms with Gasteiger partial charge in [0.25, 0.3) is 0 Å². The largest absolute Gasteiger partial charge is 0.508 e. The third kappa shape index (κ3) is 5.25. The lowest BCUT2D eigenvalue weighted by atomic mass is 9.83. The van der Waals surface area contributed by atoms with Crippen LogP contribution >= 0.6 is 23.1 Å². The fourth-order valence-electron chi connectivity index (χ4n) is 4.43. The second-order valence-corrected chi connectivity index (χ2v) is 11.1. The average molecular weight is 484 g/mol.